The van der Waals surface area contributed by atoms with E-state index >= 15 is 0 Å². The lowest BCUT2D eigenvalue weighted by Gasteiger charge is -2.35. The van der Waals surface area contributed by atoms with Crippen molar-refractivity contribution >= 4 is 17.5 Å². The second kappa shape index (κ2) is 9.47. The number of fused-ring (bicyclic) bond motifs is 1. The summed E-state index contributed by atoms with van der Waals surface area (Å²) in [6, 6.07) is 3.12. The Morgan fingerprint density at radius 1 is 1.12 bits per heavy atom. The zero-order chi connectivity index (χ0) is 23.5. The number of nitrogens with zero attached hydrogens (tertiary/aromatic N) is 7. The van der Waals surface area contributed by atoms with E-state index < -0.39 is 11.6 Å². The summed E-state index contributed by atoms with van der Waals surface area (Å²) in [4.78, 5) is 25.5. The maximum absolute atomic E-state index is 13.9. The zero-order valence-corrected chi connectivity index (χ0v) is 18.7. The number of nitrogens with one attached hydrogen (secondary N) is 1. The third-order valence-corrected chi connectivity index (χ3v) is 5.46. The predicted octanol–water partition coefficient (Wildman–Crippen LogP) is 3.68. The quantitative estimate of drug-likeness (QED) is 0.530. The first kappa shape index (κ1) is 22.6. The monoisotopic (exact) mass is 456 g/mol. The molecule has 1 N–H and O–H groups in total. The molecule has 0 unspecified atom stereocenters. The molecular weight excluding hydrogens is 430 g/mol. The van der Waals surface area contributed by atoms with Crippen LogP contribution in [0.1, 0.15) is 49.1 Å². The molecule has 3 heterocycles. The number of halogens is 2. The first-order valence-electron chi connectivity index (χ1n) is 10.9. The summed E-state index contributed by atoms with van der Waals surface area (Å²) in [7, 11) is 0. The van der Waals surface area contributed by atoms with Crippen molar-refractivity contribution in [3.63, 3.8) is 0 Å². The van der Waals surface area contributed by atoms with E-state index in [1.165, 1.54) is 4.80 Å². The van der Waals surface area contributed by atoms with Crippen molar-refractivity contribution in [1.82, 2.24) is 35.1 Å². The number of H-pyrrole nitrogens is 1. The molecule has 1 aliphatic heterocycles. The molecule has 0 aliphatic carbocycles. The molecule has 3 aromatic rings. The number of rotatable bonds is 9. The standard InChI is InChI=1S/C22H26F2N8O/c1-4-5-9-31-21-20(25-15(3)26-21)14(2)30(22(31)33)10-6-11-32-28-19(27-29-32)13-16-12-17(23)7-8-18(16)24/h7-8,12H,2,4-6,9-11,13H2,1,3H3,(H,25,26). The zero-order valence-electron chi connectivity index (χ0n) is 18.7. The molecule has 2 amide bonds. The first-order chi connectivity index (χ1) is 15.9. The third kappa shape index (κ3) is 4.76. The Bertz CT molecular complexity index is 1170. The molecule has 33 heavy (non-hydrogen) atoms. The highest BCUT2D eigenvalue weighted by atomic mass is 19.1. The number of anilines is 1. The number of imidazole rings is 1. The van der Waals surface area contributed by atoms with Gasteiger partial charge in [-0.25, -0.2) is 18.6 Å². The van der Waals surface area contributed by atoms with E-state index in [1.807, 2.05) is 6.92 Å². The first-order valence-corrected chi connectivity index (χ1v) is 10.9. The fourth-order valence-corrected chi connectivity index (χ4v) is 3.77. The van der Waals surface area contributed by atoms with Gasteiger partial charge < -0.3 is 4.98 Å². The van der Waals surface area contributed by atoms with Gasteiger partial charge in [-0.2, -0.15) is 4.80 Å². The fraction of sp³-hybridized carbons (Fsp3) is 0.409. The van der Waals surface area contributed by atoms with Gasteiger partial charge in [-0.15, -0.1) is 10.2 Å². The minimum absolute atomic E-state index is 0.0410. The number of aromatic amines is 1. The number of amides is 2. The molecule has 0 saturated carbocycles. The average Bonchev–Trinajstić information content (AvgIpc) is 3.39. The number of hydrogen-bond acceptors (Lipinski definition) is 5. The lowest BCUT2D eigenvalue weighted by molar-refractivity contribution is 0.221. The van der Waals surface area contributed by atoms with Crippen LogP contribution in [0, 0.1) is 18.6 Å². The van der Waals surface area contributed by atoms with Crippen molar-refractivity contribution in [3.8, 4) is 0 Å². The Labute approximate surface area is 190 Å². The molecule has 0 saturated heterocycles. The molecule has 0 spiro atoms. The Morgan fingerprint density at radius 3 is 2.70 bits per heavy atom. The van der Waals surface area contributed by atoms with Gasteiger partial charge in [-0.1, -0.05) is 19.9 Å². The average molecular weight is 457 g/mol. The summed E-state index contributed by atoms with van der Waals surface area (Å²) in [6.07, 6.45) is 2.43. The highest BCUT2D eigenvalue weighted by Gasteiger charge is 2.35. The Morgan fingerprint density at radius 2 is 1.91 bits per heavy atom. The third-order valence-electron chi connectivity index (χ3n) is 5.46. The van der Waals surface area contributed by atoms with Gasteiger partial charge in [-0.05, 0) is 48.7 Å². The van der Waals surface area contributed by atoms with Crippen LogP contribution in [0.3, 0.4) is 0 Å². The highest BCUT2D eigenvalue weighted by Crippen LogP contribution is 2.33. The van der Waals surface area contributed by atoms with Crippen LogP contribution in [0.4, 0.5) is 19.4 Å². The maximum atomic E-state index is 13.9. The number of hydrogen-bond donors (Lipinski definition) is 1. The molecule has 174 valence electrons. The van der Waals surface area contributed by atoms with Gasteiger partial charge in [0.1, 0.15) is 23.2 Å². The van der Waals surface area contributed by atoms with Crippen LogP contribution < -0.4 is 4.90 Å². The number of aryl methyl sites for hydroxylation is 2. The SMILES string of the molecule is C=C1c2[nH]c(C)nc2N(CCCC)C(=O)N1CCCn1nnc(Cc2cc(F)ccc2F)n1. The van der Waals surface area contributed by atoms with E-state index in [0.717, 1.165) is 42.6 Å². The van der Waals surface area contributed by atoms with Crippen molar-refractivity contribution < 1.29 is 13.6 Å². The molecule has 0 bridgehead atoms. The summed E-state index contributed by atoms with van der Waals surface area (Å²) in [5, 5.41) is 12.2. The number of aromatic nitrogens is 6. The van der Waals surface area contributed by atoms with Gasteiger partial charge in [-0.3, -0.25) is 9.80 Å². The van der Waals surface area contributed by atoms with Gasteiger partial charge in [0.05, 0.1) is 12.2 Å². The van der Waals surface area contributed by atoms with Crippen molar-refractivity contribution in [2.24, 2.45) is 0 Å². The van der Waals surface area contributed by atoms with Crippen molar-refractivity contribution in [3.05, 3.63) is 59.3 Å². The number of unbranched alkanes of at least 4 members (excludes halogenated alkanes) is 1. The van der Waals surface area contributed by atoms with Crippen LogP contribution >= 0.6 is 0 Å². The molecule has 0 radical (unpaired) electrons. The van der Waals surface area contributed by atoms with E-state index in [1.54, 1.807) is 9.80 Å². The van der Waals surface area contributed by atoms with Crippen molar-refractivity contribution in [1.29, 1.82) is 0 Å². The summed E-state index contributed by atoms with van der Waals surface area (Å²) in [6.45, 7) is 9.42. The lowest BCUT2D eigenvalue weighted by atomic mass is 10.1. The van der Waals surface area contributed by atoms with E-state index in [4.69, 9.17) is 0 Å². The lowest BCUT2D eigenvalue weighted by Crippen LogP contribution is -2.47. The summed E-state index contributed by atoms with van der Waals surface area (Å²) in [5.41, 5.74) is 1.50. The van der Waals surface area contributed by atoms with E-state index in [0.29, 0.717) is 43.4 Å². The van der Waals surface area contributed by atoms with Gasteiger partial charge >= 0.3 is 6.03 Å². The number of benzene rings is 1. The van der Waals surface area contributed by atoms with E-state index in [9.17, 15) is 13.6 Å². The molecule has 0 atom stereocenters. The van der Waals surface area contributed by atoms with Gasteiger partial charge in [0.25, 0.3) is 0 Å². The highest BCUT2D eigenvalue weighted by molar-refractivity contribution is 6.02. The molecule has 4 rings (SSSR count). The number of carbonyl (C=O) groups is 1. The summed E-state index contributed by atoms with van der Waals surface area (Å²) in [5.74, 6) is 0.608. The second-order valence-electron chi connectivity index (χ2n) is 7.97. The molecule has 2 aromatic heterocycles. The predicted molar refractivity (Wildman–Crippen MR) is 118 cm³/mol. The van der Waals surface area contributed by atoms with Gasteiger partial charge in [0, 0.05) is 19.5 Å². The van der Waals surface area contributed by atoms with Crippen LogP contribution in [0.15, 0.2) is 24.8 Å². The maximum Gasteiger partial charge on any atom is 0.330 e. The molecule has 1 aliphatic rings. The molecule has 9 nitrogen and oxygen atoms in total. The van der Waals surface area contributed by atoms with Crippen molar-refractivity contribution in [2.45, 2.75) is 46.1 Å². The van der Waals surface area contributed by atoms with Crippen LogP contribution in [0.25, 0.3) is 5.70 Å². The minimum atomic E-state index is -0.520. The Kier molecular flexibility index (Phi) is 6.47. The van der Waals surface area contributed by atoms with Crippen LogP contribution in [-0.4, -0.2) is 54.2 Å². The molecule has 0 fully saturated rings. The number of tetrazole rings is 1. The normalized spacial score (nSPS) is 13.7. The molecule has 11 heteroatoms. The van der Waals surface area contributed by atoms with E-state index in [-0.39, 0.29) is 18.0 Å². The minimum Gasteiger partial charge on any atom is -0.339 e. The fourth-order valence-electron chi connectivity index (χ4n) is 3.77. The largest absolute Gasteiger partial charge is 0.339 e. The Balaban J connectivity index is 1.39. The summed E-state index contributed by atoms with van der Waals surface area (Å²) < 4.78 is 27.2. The van der Waals surface area contributed by atoms with Crippen LogP contribution in [0.2, 0.25) is 0 Å². The van der Waals surface area contributed by atoms with E-state index in [2.05, 4.69) is 38.9 Å². The topological polar surface area (TPSA) is 95.8 Å². The smallest absolute Gasteiger partial charge is 0.330 e. The van der Waals surface area contributed by atoms with Gasteiger partial charge in [0.15, 0.2) is 11.6 Å². The second-order valence-corrected chi connectivity index (χ2v) is 7.97. The summed E-state index contributed by atoms with van der Waals surface area (Å²) >= 11 is 0. The van der Waals surface area contributed by atoms with Crippen LogP contribution in [-0.2, 0) is 13.0 Å². The number of carbonyl (C=O) groups excluding carboxylic acids is 1. The van der Waals surface area contributed by atoms with Gasteiger partial charge in [0.2, 0.25) is 0 Å². The molecule has 1 aromatic carbocycles. The molecular formula is C22H26F2N8O. The van der Waals surface area contributed by atoms with Crippen LogP contribution in [0.5, 0.6) is 0 Å². The van der Waals surface area contributed by atoms with Crippen molar-refractivity contribution in [2.75, 3.05) is 18.0 Å². The Hall–Kier alpha value is -3.63. The number of urea groups is 1.